The molecular weight excluding hydrogens is 437 g/mol. The van der Waals surface area contributed by atoms with Gasteiger partial charge in [-0.15, -0.1) is 0 Å². The van der Waals surface area contributed by atoms with Crippen LogP contribution >= 0.6 is 23.2 Å². The van der Waals surface area contributed by atoms with Gasteiger partial charge in [0.1, 0.15) is 11.5 Å². The highest BCUT2D eigenvalue weighted by molar-refractivity contribution is 6.30. The van der Waals surface area contributed by atoms with E-state index in [-0.39, 0.29) is 30.4 Å². The molecule has 2 aromatic carbocycles. The lowest BCUT2D eigenvalue weighted by molar-refractivity contribution is -0.423. The van der Waals surface area contributed by atoms with Crippen molar-refractivity contribution in [2.45, 2.75) is 0 Å². The number of likely N-dealkylation sites (N-methyl/N-ethyl adjacent to an activating group) is 1. The number of hydrogen-bond acceptors (Lipinski definition) is 7. The second-order valence-electron chi connectivity index (χ2n) is 6.17. The number of ether oxygens (including phenoxy) is 2. The number of hydrogen-bond donors (Lipinski definition) is 0. The average molecular weight is 452 g/mol. The van der Waals surface area contributed by atoms with Gasteiger partial charge in [-0.1, -0.05) is 23.2 Å². The molecule has 2 aromatic rings. The Bertz CT molecular complexity index is 1010. The number of amides is 1. The van der Waals surface area contributed by atoms with Crippen molar-refractivity contribution in [1.82, 2.24) is 9.80 Å². The van der Waals surface area contributed by atoms with Gasteiger partial charge in [-0.2, -0.15) is 0 Å². The zero-order valence-electron chi connectivity index (χ0n) is 15.6. The molecule has 156 valence electrons. The lowest BCUT2D eigenvalue weighted by Gasteiger charge is -2.19. The van der Waals surface area contributed by atoms with E-state index in [1.54, 1.807) is 0 Å². The topological polar surface area (TPSA) is 102 Å². The molecule has 0 unspecified atom stereocenters. The van der Waals surface area contributed by atoms with E-state index in [4.69, 9.17) is 32.7 Å². The molecule has 0 radical (unpaired) electrons. The summed E-state index contributed by atoms with van der Waals surface area (Å²) in [6.07, 6.45) is -0.879. The molecule has 1 aliphatic rings. The van der Waals surface area contributed by atoms with Crippen LogP contribution in [0.1, 0.15) is 0 Å². The summed E-state index contributed by atoms with van der Waals surface area (Å²) < 4.78 is 10.3. The molecular formula is C19H15Cl2N3O6. The lowest BCUT2D eigenvalue weighted by Crippen LogP contribution is -2.35. The SMILES string of the molecule is CN1CCN(C(=O)Oc2ccc(Cl)cc2)C1=C(C(=O)Oc1ccc(Cl)cc1)[N+](=O)[O-]. The van der Waals surface area contributed by atoms with Crippen LogP contribution in [-0.2, 0) is 4.79 Å². The van der Waals surface area contributed by atoms with Gasteiger partial charge in [0.05, 0.1) is 4.92 Å². The lowest BCUT2D eigenvalue weighted by atomic mass is 10.3. The van der Waals surface area contributed by atoms with E-state index in [2.05, 4.69) is 0 Å². The van der Waals surface area contributed by atoms with Crippen LogP contribution in [-0.4, -0.2) is 46.9 Å². The Labute approximate surface area is 181 Å². The molecule has 9 nitrogen and oxygen atoms in total. The third-order valence-corrected chi connectivity index (χ3v) is 4.63. The smallest absolute Gasteiger partial charge is 0.418 e. The van der Waals surface area contributed by atoms with Crippen LogP contribution in [0, 0.1) is 10.1 Å². The normalized spacial score (nSPS) is 15.0. The van der Waals surface area contributed by atoms with Gasteiger partial charge in [0.15, 0.2) is 0 Å². The number of halogens is 2. The van der Waals surface area contributed by atoms with Crippen molar-refractivity contribution in [2.24, 2.45) is 0 Å². The Balaban J connectivity index is 1.89. The fourth-order valence-electron chi connectivity index (χ4n) is 2.72. The highest BCUT2D eigenvalue weighted by atomic mass is 35.5. The van der Waals surface area contributed by atoms with Crippen LogP contribution in [0.15, 0.2) is 60.0 Å². The fraction of sp³-hybridized carbons (Fsp3) is 0.158. The van der Waals surface area contributed by atoms with Gasteiger partial charge in [0.2, 0.25) is 5.82 Å². The molecule has 0 bridgehead atoms. The Hall–Kier alpha value is -3.30. The number of carbonyl (C=O) groups is 2. The van der Waals surface area contributed by atoms with Crippen molar-refractivity contribution >= 4 is 35.3 Å². The van der Waals surface area contributed by atoms with E-state index in [0.717, 1.165) is 4.90 Å². The first-order valence-corrected chi connectivity index (χ1v) is 9.34. The summed E-state index contributed by atoms with van der Waals surface area (Å²) in [7, 11) is 1.52. The molecule has 0 aromatic heterocycles. The number of nitro groups is 1. The summed E-state index contributed by atoms with van der Waals surface area (Å²) in [5.41, 5.74) is -0.891. The Morgan fingerprint density at radius 2 is 1.43 bits per heavy atom. The molecule has 30 heavy (non-hydrogen) atoms. The number of carbonyl (C=O) groups excluding carboxylic acids is 2. The van der Waals surface area contributed by atoms with Crippen LogP contribution in [0.5, 0.6) is 11.5 Å². The van der Waals surface area contributed by atoms with Gasteiger partial charge in [-0.3, -0.25) is 15.0 Å². The number of esters is 1. The minimum absolute atomic E-state index is 0.0697. The second-order valence-corrected chi connectivity index (χ2v) is 7.04. The van der Waals surface area contributed by atoms with Crippen molar-refractivity contribution in [3.63, 3.8) is 0 Å². The van der Waals surface area contributed by atoms with Crippen molar-refractivity contribution in [2.75, 3.05) is 20.1 Å². The van der Waals surface area contributed by atoms with Gasteiger partial charge >= 0.3 is 17.8 Å². The summed E-state index contributed by atoms with van der Waals surface area (Å²) in [4.78, 5) is 38.4. The summed E-state index contributed by atoms with van der Waals surface area (Å²) >= 11 is 11.6. The average Bonchev–Trinajstić information content (AvgIpc) is 3.07. The van der Waals surface area contributed by atoms with Crippen molar-refractivity contribution in [1.29, 1.82) is 0 Å². The van der Waals surface area contributed by atoms with Crippen molar-refractivity contribution in [3.8, 4) is 11.5 Å². The molecule has 0 aliphatic carbocycles. The monoisotopic (exact) mass is 451 g/mol. The number of nitrogens with zero attached hydrogens (tertiary/aromatic N) is 3. The molecule has 0 atom stereocenters. The van der Waals surface area contributed by atoms with Gasteiger partial charge in [0.25, 0.3) is 0 Å². The highest BCUT2D eigenvalue weighted by Crippen LogP contribution is 2.25. The number of rotatable bonds is 4. The quantitative estimate of drug-likeness (QED) is 0.229. The molecule has 0 saturated carbocycles. The minimum Gasteiger partial charge on any atom is -0.418 e. The van der Waals surface area contributed by atoms with Crippen LogP contribution in [0.3, 0.4) is 0 Å². The second kappa shape index (κ2) is 9.02. The zero-order chi connectivity index (χ0) is 21.8. The maximum absolute atomic E-state index is 12.6. The standard InChI is InChI=1S/C19H15Cl2N3O6/c1-22-10-11-23(19(26)30-15-8-4-13(21)5-9-15)17(22)16(24(27)28)18(25)29-14-6-2-12(20)3-7-14/h2-9H,10-11H2,1H3. The Morgan fingerprint density at radius 1 is 0.933 bits per heavy atom. The molecule has 1 heterocycles. The first kappa shape index (κ1) is 21.4. The van der Waals surface area contributed by atoms with E-state index in [1.807, 2.05) is 0 Å². The zero-order valence-corrected chi connectivity index (χ0v) is 17.1. The van der Waals surface area contributed by atoms with E-state index in [1.165, 1.54) is 60.5 Å². The van der Waals surface area contributed by atoms with Gasteiger partial charge in [-0.05, 0) is 48.5 Å². The predicted molar refractivity (Wildman–Crippen MR) is 108 cm³/mol. The van der Waals surface area contributed by atoms with E-state index in [0.29, 0.717) is 10.0 Å². The Morgan fingerprint density at radius 3 is 1.93 bits per heavy atom. The first-order chi connectivity index (χ1) is 14.3. The van der Waals surface area contributed by atoms with Crippen molar-refractivity contribution in [3.05, 3.63) is 80.2 Å². The first-order valence-electron chi connectivity index (χ1n) is 8.58. The van der Waals surface area contributed by atoms with Crippen LogP contribution in [0.25, 0.3) is 0 Å². The fourth-order valence-corrected chi connectivity index (χ4v) is 2.97. The van der Waals surface area contributed by atoms with Gasteiger partial charge in [-0.25, -0.2) is 9.59 Å². The summed E-state index contributed by atoms with van der Waals surface area (Å²) in [5.74, 6) is -1.18. The highest BCUT2D eigenvalue weighted by Gasteiger charge is 2.41. The molecule has 11 heteroatoms. The largest absolute Gasteiger partial charge is 0.421 e. The van der Waals surface area contributed by atoms with Crippen LogP contribution < -0.4 is 9.47 Å². The van der Waals surface area contributed by atoms with E-state index < -0.39 is 22.7 Å². The summed E-state index contributed by atoms with van der Waals surface area (Å²) in [6.45, 7) is 0.348. The Kier molecular flexibility index (Phi) is 6.43. The van der Waals surface area contributed by atoms with E-state index in [9.17, 15) is 19.7 Å². The van der Waals surface area contributed by atoms with E-state index >= 15 is 0 Å². The molecule has 1 saturated heterocycles. The van der Waals surface area contributed by atoms with Crippen molar-refractivity contribution < 1.29 is 24.0 Å². The molecule has 0 N–H and O–H groups in total. The van der Waals surface area contributed by atoms with Crippen LogP contribution in [0.4, 0.5) is 4.79 Å². The molecule has 1 amide bonds. The van der Waals surface area contributed by atoms with Crippen LogP contribution in [0.2, 0.25) is 10.0 Å². The predicted octanol–water partition coefficient (Wildman–Crippen LogP) is 3.79. The molecule has 1 aliphatic heterocycles. The molecule has 1 fully saturated rings. The maximum Gasteiger partial charge on any atom is 0.421 e. The number of benzene rings is 2. The van der Waals surface area contributed by atoms with Gasteiger partial charge < -0.3 is 14.4 Å². The third kappa shape index (κ3) is 4.81. The summed E-state index contributed by atoms with van der Waals surface area (Å²) in [6, 6.07) is 11.8. The molecule has 3 rings (SSSR count). The molecule has 0 spiro atoms. The maximum atomic E-state index is 12.6. The third-order valence-electron chi connectivity index (χ3n) is 4.13. The minimum atomic E-state index is -1.23. The summed E-state index contributed by atoms with van der Waals surface area (Å²) in [5, 5.41) is 12.6. The van der Waals surface area contributed by atoms with Gasteiger partial charge in [0, 0.05) is 30.2 Å².